The van der Waals surface area contributed by atoms with Gasteiger partial charge in [0.25, 0.3) is 0 Å². The number of aryl methyl sites for hydroxylation is 2. The van der Waals surface area contributed by atoms with Crippen molar-refractivity contribution in [1.82, 2.24) is 19.9 Å². The van der Waals surface area contributed by atoms with Crippen LogP contribution in [0.4, 0.5) is 17.5 Å². The van der Waals surface area contributed by atoms with Crippen molar-refractivity contribution in [1.29, 1.82) is 0 Å². The fourth-order valence-electron chi connectivity index (χ4n) is 3.10. The summed E-state index contributed by atoms with van der Waals surface area (Å²) in [5, 5.41) is 3.21. The van der Waals surface area contributed by atoms with Crippen LogP contribution in [0.25, 0.3) is 11.4 Å². The van der Waals surface area contributed by atoms with Gasteiger partial charge in [-0.05, 0) is 46.8 Å². The Kier molecular flexibility index (Phi) is 6.67. The highest BCUT2D eigenvalue weighted by Gasteiger charge is 2.19. The molecule has 0 amide bonds. The molecule has 0 saturated heterocycles. The Bertz CT molecular complexity index is 1100. The Morgan fingerprint density at radius 2 is 1.94 bits per heavy atom. The largest absolute Gasteiger partial charge is 0.496 e. The molecule has 0 saturated carbocycles. The number of likely N-dealkylation sites (N-methyl/N-ethyl adjacent to an activating group) is 1. The van der Waals surface area contributed by atoms with E-state index < -0.39 is 5.60 Å². The minimum absolute atomic E-state index is 0.0816. The van der Waals surface area contributed by atoms with E-state index in [-0.39, 0.29) is 12.5 Å². The fourth-order valence-corrected chi connectivity index (χ4v) is 3.10. The standard InChI is InChI=1S/C23H30N6O3/c1-14-10-19(29(6)13-20(30)32-23(3,4)5)28-22(26-14)27-16-8-9-17(18(11-16)31-7)21-24-12-15(2)25-21/h8-12H,13H2,1-7H3,(H,24,25)(H,26,27,28). The van der Waals surface area contributed by atoms with Crippen molar-refractivity contribution in [3.8, 4) is 17.1 Å². The number of nitrogens with zero attached hydrogens (tertiary/aromatic N) is 4. The second-order valence-corrected chi connectivity index (χ2v) is 8.59. The van der Waals surface area contributed by atoms with E-state index in [2.05, 4.69) is 25.3 Å². The summed E-state index contributed by atoms with van der Waals surface area (Å²) in [6, 6.07) is 7.51. The van der Waals surface area contributed by atoms with E-state index in [1.807, 2.05) is 58.9 Å². The highest BCUT2D eigenvalue weighted by atomic mass is 16.6. The Morgan fingerprint density at radius 1 is 1.19 bits per heavy atom. The van der Waals surface area contributed by atoms with Gasteiger partial charge in [-0.1, -0.05) is 0 Å². The summed E-state index contributed by atoms with van der Waals surface area (Å²) in [5.74, 6) is 2.11. The lowest BCUT2D eigenvalue weighted by Crippen LogP contribution is -2.33. The summed E-state index contributed by atoms with van der Waals surface area (Å²) in [6.45, 7) is 9.43. The summed E-state index contributed by atoms with van der Waals surface area (Å²) in [6.07, 6.45) is 1.77. The van der Waals surface area contributed by atoms with Crippen molar-refractivity contribution < 1.29 is 14.3 Å². The first kappa shape index (κ1) is 23.1. The first-order valence-electron chi connectivity index (χ1n) is 10.3. The molecule has 0 aliphatic carbocycles. The van der Waals surface area contributed by atoms with Gasteiger partial charge in [0, 0.05) is 42.5 Å². The number of hydrogen-bond acceptors (Lipinski definition) is 8. The second kappa shape index (κ2) is 9.25. The van der Waals surface area contributed by atoms with Crippen LogP contribution in [0.1, 0.15) is 32.2 Å². The smallest absolute Gasteiger partial charge is 0.326 e. The average molecular weight is 439 g/mol. The zero-order valence-electron chi connectivity index (χ0n) is 19.6. The van der Waals surface area contributed by atoms with Crippen LogP contribution in [0.15, 0.2) is 30.5 Å². The molecule has 0 radical (unpaired) electrons. The summed E-state index contributed by atoms with van der Waals surface area (Å²) in [7, 11) is 3.41. The predicted octanol–water partition coefficient (Wildman–Crippen LogP) is 4.01. The number of methoxy groups -OCH3 is 1. The van der Waals surface area contributed by atoms with Crippen molar-refractivity contribution in [2.24, 2.45) is 0 Å². The molecular weight excluding hydrogens is 408 g/mol. The molecule has 0 aliphatic rings. The van der Waals surface area contributed by atoms with Gasteiger partial charge in [0.05, 0.1) is 12.7 Å². The van der Waals surface area contributed by atoms with Crippen molar-refractivity contribution in [3.05, 3.63) is 41.9 Å². The lowest BCUT2D eigenvalue weighted by Gasteiger charge is -2.23. The monoisotopic (exact) mass is 438 g/mol. The fraction of sp³-hybridized carbons (Fsp3) is 0.391. The number of rotatable bonds is 7. The van der Waals surface area contributed by atoms with Gasteiger partial charge >= 0.3 is 5.97 Å². The molecule has 2 aromatic heterocycles. The number of benzene rings is 1. The van der Waals surface area contributed by atoms with E-state index in [0.717, 1.165) is 28.5 Å². The third-order valence-corrected chi connectivity index (χ3v) is 4.43. The minimum atomic E-state index is -0.536. The highest BCUT2D eigenvalue weighted by Crippen LogP contribution is 2.31. The number of hydrogen-bond donors (Lipinski definition) is 2. The first-order chi connectivity index (χ1) is 15.0. The third-order valence-electron chi connectivity index (χ3n) is 4.43. The van der Waals surface area contributed by atoms with Gasteiger partial charge in [-0.2, -0.15) is 4.98 Å². The lowest BCUT2D eigenvalue weighted by molar-refractivity contribution is -0.152. The van der Waals surface area contributed by atoms with Gasteiger partial charge in [0.15, 0.2) is 0 Å². The number of aromatic amines is 1. The Morgan fingerprint density at radius 3 is 2.56 bits per heavy atom. The van der Waals surface area contributed by atoms with Gasteiger partial charge in [0.2, 0.25) is 5.95 Å². The van der Waals surface area contributed by atoms with Crippen molar-refractivity contribution in [2.45, 2.75) is 40.2 Å². The maximum atomic E-state index is 12.2. The van der Waals surface area contributed by atoms with E-state index in [0.29, 0.717) is 17.5 Å². The number of esters is 1. The van der Waals surface area contributed by atoms with Crippen molar-refractivity contribution in [3.63, 3.8) is 0 Å². The molecule has 2 N–H and O–H groups in total. The molecule has 9 nitrogen and oxygen atoms in total. The number of ether oxygens (including phenoxy) is 2. The van der Waals surface area contributed by atoms with Crippen molar-refractivity contribution in [2.75, 3.05) is 30.9 Å². The molecule has 3 aromatic rings. The van der Waals surface area contributed by atoms with E-state index in [1.165, 1.54) is 0 Å². The van der Waals surface area contributed by atoms with E-state index >= 15 is 0 Å². The number of imidazole rings is 1. The van der Waals surface area contributed by atoms with Gasteiger partial charge < -0.3 is 24.7 Å². The van der Waals surface area contributed by atoms with Gasteiger partial charge in [-0.15, -0.1) is 0 Å². The molecule has 0 bridgehead atoms. The first-order valence-corrected chi connectivity index (χ1v) is 10.3. The molecule has 9 heteroatoms. The normalized spacial score (nSPS) is 11.2. The van der Waals surface area contributed by atoms with Crippen LogP contribution >= 0.6 is 0 Å². The molecule has 1 aromatic carbocycles. The lowest BCUT2D eigenvalue weighted by atomic mass is 10.1. The molecule has 0 spiro atoms. The SMILES string of the molecule is COc1cc(Nc2nc(C)cc(N(C)CC(=O)OC(C)(C)C)n2)ccc1-c1ncc(C)[nH]1. The maximum Gasteiger partial charge on any atom is 0.326 e. The van der Waals surface area contributed by atoms with Crippen molar-refractivity contribution >= 4 is 23.4 Å². The van der Waals surface area contributed by atoms with Gasteiger partial charge in [-0.3, -0.25) is 4.79 Å². The Labute approximate surface area is 188 Å². The van der Waals surface area contributed by atoms with Crippen LogP contribution in [0.3, 0.4) is 0 Å². The molecule has 0 unspecified atom stereocenters. The predicted molar refractivity (Wildman–Crippen MR) is 124 cm³/mol. The zero-order valence-corrected chi connectivity index (χ0v) is 19.6. The minimum Gasteiger partial charge on any atom is -0.496 e. The quantitative estimate of drug-likeness (QED) is 0.533. The number of carbonyl (C=O) groups is 1. The van der Waals surface area contributed by atoms with Gasteiger partial charge in [0.1, 0.15) is 29.5 Å². The van der Waals surface area contributed by atoms with Crippen LogP contribution in [0.2, 0.25) is 0 Å². The van der Waals surface area contributed by atoms with Crippen LogP contribution in [0.5, 0.6) is 5.75 Å². The number of anilines is 3. The summed E-state index contributed by atoms with van der Waals surface area (Å²) in [4.78, 5) is 30.5. The Balaban J connectivity index is 1.79. The number of H-pyrrole nitrogens is 1. The maximum absolute atomic E-state index is 12.2. The average Bonchev–Trinajstić information content (AvgIpc) is 3.12. The number of nitrogens with one attached hydrogen (secondary N) is 2. The van der Waals surface area contributed by atoms with Crippen LogP contribution in [-0.4, -0.2) is 52.2 Å². The Hall–Kier alpha value is -3.62. The van der Waals surface area contributed by atoms with Crippen LogP contribution < -0.4 is 15.0 Å². The molecule has 3 rings (SSSR count). The molecule has 170 valence electrons. The topological polar surface area (TPSA) is 105 Å². The highest BCUT2D eigenvalue weighted by molar-refractivity contribution is 5.76. The molecule has 0 aliphatic heterocycles. The van der Waals surface area contributed by atoms with Gasteiger partial charge in [-0.25, -0.2) is 9.97 Å². The van der Waals surface area contributed by atoms with Crippen LogP contribution in [-0.2, 0) is 9.53 Å². The van der Waals surface area contributed by atoms with E-state index in [4.69, 9.17) is 9.47 Å². The zero-order chi connectivity index (χ0) is 23.5. The molecule has 2 heterocycles. The number of carbonyl (C=O) groups excluding carboxylic acids is 1. The summed E-state index contributed by atoms with van der Waals surface area (Å²) in [5.41, 5.74) is 2.82. The van der Waals surface area contributed by atoms with Crippen LogP contribution in [0, 0.1) is 13.8 Å². The second-order valence-electron chi connectivity index (χ2n) is 8.59. The number of aromatic nitrogens is 4. The molecule has 32 heavy (non-hydrogen) atoms. The molecule has 0 atom stereocenters. The summed E-state index contributed by atoms with van der Waals surface area (Å²) < 4.78 is 11.0. The molecule has 0 fully saturated rings. The van der Waals surface area contributed by atoms with E-state index in [1.54, 1.807) is 25.3 Å². The summed E-state index contributed by atoms with van der Waals surface area (Å²) >= 11 is 0. The molecular formula is C23H30N6O3. The van der Waals surface area contributed by atoms with E-state index in [9.17, 15) is 4.79 Å². The third kappa shape index (κ3) is 5.96.